The molecular formula is C16H20N2O3S. The van der Waals surface area contributed by atoms with Gasteiger partial charge in [-0.15, -0.1) is 0 Å². The summed E-state index contributed by atoms with van der Waals surface area (Å²) in [5.74, 6) is 0.584. The predicted octanol–water partition coefficient (Wildman–Crippen LogP) is 1.94. The minimum absolute atomic E-state index is 0.0636. The summed E-state index contributed by atoms with van der Waals surface area (Å²) in [4.78, 5) is 0. The van der Waals surface area contributed by atoms with E-state index in [0.29, 0.717) is 30.0 Å². The van der Waals surface area contributed by atoms with Crippen LogP contribution < -0.4 is 15.2 Å². The van der Waals surface area contributed by atoms with E-state index >= 15 is 0 Å². The van der Waals surface area contributed by atoms with Gasteiger partial charge in [0.1, 0.15) is 5.75 Å². The van der Waals surface area contributed by atoms with Crippen LogP contribution in [-0.2, 0) is 22.2 Å². The maximum absolute atomic E-state index is 12.1. The molecule has 0 radical (unpaired) electrons. The highest BCUT2D eigenvalue weighted by Crippen LogP contribution is 2.14. The Morgan fingerprint density at radius 1 is 1.09 bits per heavy atom. The SMILES string of the molecule is COc1cccc(CS(=O)(=O)NCCc2ccc(N)cc2)c1. The normalized spacial score (nSPS) is 11.3. The molecule has 0 heterocycles. The van der Waals surface area contributed by atoms with E-state index in [2.05, 4.69) is 4.72 Å². The molecule has 2 aromatic rings. The Balaban J connectivity index is 1.89. The molecule has 5 nitrogen and oxygen atoms in total. The summed E-state index contributed by atoms with van der Waals surface area (Å²) < 4.78 is 31.8. The molecule has 0 aliphatic heterocycles. The quantitative estimate of drug-likeness (QED) is 0.764. The van der Waals surface area contributed by atoms with Crippen LogP contribution in [0, 0.1) is 0 Å². The number of hydrogen-bond acceptors (Lipinski definition) is 4. The van der Waals surface area contributed by atoms with Crippen molar-refractivity contribution >= 4 is 15.7 Å². The fourth-order valence-electron chi connectivity index (χ4n) is 2.07. The highest BCUT2D eigenvalue weighted by atomic mass is 32.2. The lowest BCUT2D eigenvalue weighted by molar-refractivity contribution is 0.414. The van der Waals surface area contributed by atoms with Crippen molar-refractivity contribution in [3.8, 4) is 5.75 Å². The third-order valence-corrected chi connectivity index (χ3v) is 4.56. The topological polar surface area (TPSA) is 81.4 Å². The molecule has 0 amide bonds. The van der Waals surface area contributed by atoms with Crippen molar-refractivity contribution in [2.24, 2.45) is 0 Å². The monoisotopic (exact) mass is 320 g/mol. The van der Waals surface area contributed by atoms with Crippen LogP contribution >= 0.6 is 0 Å². The molecule has 0 unspecified atom stereocenters. The Morgan fingerprint density at radius 3 is 2.50 bits per heavy atom. The third kappa shape index (κ3) is 5.05. The van der Waals surface area contributed by atoms with Gasteiger partial charge in [-0.25, -0.2) is 13.1 Å². The molecule has 3 N–H and O–H groups in total. The number of anilines is 1. The molecule has 0 saturated carbocycles. The van der Waals surface area contributed by atoms with Gasteiger partial charge in [0.2, 0.25) is 10.0 Å². The first-order valence-electron chi connectivity index (χ1n) is 6.93. The van der Waals surface area contributed by atoms with Crippen LogP contribution in [0.2, 0.25) is 0 Å². The molecular weight excluding hydrogens is 300 g/mol. The first-order chi connectivity index (χ1) is 10.5. The van der Waals surface area contributed by atoms with Crippen LogP contribution in [0.1, 0.15) is 11.1 Å². The van der Waals surface area contributed by atoms with Crippen molar-refractivity contribution in [3.63, 3.8) is 0 Å². The average molecular weight is 320 g/mol. The summed E-state index contributed by atoms with van der Waals surface area (Å²) >= 11 is 0. The number of nitrogens with two attached hydrogens (primary N) is 1. The largest absolute Gasteiger partial charge is 0.497 e. The second-order valence-electron chi connectivity index (χ2n) is 5.00. The molecule has 0 fully saturated rings. The summed E-state index contributed by atoms with van der Waals surface area (Å²) in [6.45, 7) is 0.357. The van der Waals surface area contributed by atoms with E-state index in [9.17, 15) is 8.42 Å². The highest BCUT2D eigenvalue weighted by molar-refractivity contribution is 7.88. The minimum Gasteiger partial charge on any atom is -0.497 e. The fraction of sp³-hybridized carbons (Fsp3) is 0.250. The molecule has 118 valence electrons. The molecule has 2 rings (SSSR count). The lowest BCUT2D eigenvalue weighted by atomic mass is 10.1. The second kappa shape index (κ2) is 7.29. The summed E-state index contributed by atoms with van der Waals surface area (Å²) in [5.41, 5.74) is 8.04. The van der Waals surface area contributed by atoms with Crippen molar-refractivity contribution in [1.29, 1.82) is 0 Å². The average Bonchev–Trinajstić information content (AvgIpc) is 2.49. The van der Waals surface area contributed by atoms with Crippen molar-refractivity contribution in [2.75, 3.05) is 19.4 Å². The van der Waals surface area contributed by atoms with Crippen molar-refractivity contribution < 1.29 is 13.2 Å². The third-order valence-electron chi connectivity index (χ3n) is 3.21. The lowest BCUT2D eigenvalue weighted by Crippen LogP contribution is -2.27. The number of nitrogens with one attached hydrogen (secondary N) is 1. The van der Waals surface area contributed by atoms with Crippen molar-refractivity contribution in [3.05, 3.63) is 59.7 Å². The zero-order valence-electron chi connectivity index (χ0n) is 12.5. The predicted molar refractivity (Wildman–Crippen MR) is 88.2 cm³/mol. The fourth-order valence-corrected chi connectivity index (χ4v) is 3.20. The summed E-state index contributed by atoms with van der Waals surface area (Å²) in [5, 5.41) is 0. The molecule has 0 saturated heterocycles. The van der Waals surface area contributed by atoms with E-state index in [0.717, 1.165) is 5.56 Å². The van der Waals surface area contributed by atoms with Gasteiger partial charge in [0, 0.05) is 12.2 Å². The van der Waals surface area contributed by atoms with E-state index in [1.54, 1.807) is 43.5 Å². The lowest BCUT2D eigenvalue weighted by Gasteiger charge is -2.08. The summed E-state index contributed by atoms with van der Waals surface area (Å²) in [6, 6.07) is 14.4. The maximum atomic E-state index is 12.1. The number of sulfonamides is 1. The van der Waals surface area contributed by atoms with E-state index in [-0.39, 0.29) is 5.75 Å². The molecule has 0 spiro atoms. The Hall–Kier alpha value is -2.05. The zero-order chi connectivity index (χ0) is 16.0. The summed E-state index contributed by atoms with van der Waals surface area (Å²) in [6.07, 6.45) is 0.623. The first kappa shape index (κ1) is 16.3. The molecule has 0 atom stereocenters. The number of methoxy groups -OCH3 is 1. The van der Waals surface area contributed by atoms with Crippen LogP contribution in [-0.4, -0.2) is 22.1 Å². The Labute approximate surface area is 131 Å². The maximum Gasteiger partial charge on any atom is 0.215 e. The van der Waals surface area contributed by atoms with E-state index in [1.807, 2.05) is 12.1 Å². The number of ether oxygens (including phenoxy) is 1. The standard InChI is InChI=1S/C16H20N2O3S/c1-21-16-4-2-3-14(11-16)12-22(19,20)18-10-9-13-5-7-15(17)8-6-13/h2-8,11,18H,9-10,12,17H2,1H3. The zero-order valence-corrected chi connectivity index (χ0v) is 13.3. The van der Waals surface area contributed by atoms with Crippen LogP contribution in [0.4, 0.5) is 5.69 Å². The Morgan fingerprint density at radius 2 is 1.82 bits per heavy atom. The van der Waals surface area contributed by atoms with E-state index < -0.39 is 10.0 Å². The van der Waals surface area contributed by atoms with Gasteiger partial charge in [0.25, 0.3) is 0 Å². The summed E-state index contributed by atoms with van der Waals surface area (Å²) in [7, 11) is -1.81. The van der Waals surface area contributed by atoms with Gasteiger partial charge < -0.3 is 10.5 Å². The van der Waals surface area contributed by atoms with Gasteiger partial charge in [0.15, 0.2) is 0 Å². The van der Waals surface area contributed by atoms with Crippen molar-refractivity contribution in [2.45, 2.75) is 12.2 Å². The molecule has 0 aromatic heterocycles. The van der Waals surface area contributed by atoms with Crippen LogP contribution in [0.15, 0.2) is 48.5 Å². The van der Waals surface area contributed by atoms with Gasteiger partial charge in [-0.3, -0.25) is 0 Å². The molecule has 22 heavy (non-hydrogen) atoms. The van der Waals surface area contributed by atoms with Gasteiger partial charge in [0.05, 0.1) is 12.9 Å². The molecule has 0 bridgehead atoms. The molecule has 0 aliphatic carbocycles. The van der Waals surface area contributed by atoms with Gasteiger partial charge in [-0.1, -0.05) is 24.3 Å². The number of hydrogen-bond donors (Lipinski definition) is 2. The number of rotatable bonds is 7. The van der Waals surface area contributed by atoms with Gasteiger partial charge in [-0.2, -0.15) is 0 Å². The Bertz CT molecular complexity index is 712. The molecule has 0 aliphatic rings. The second-order valence-corrected chi connectivity index (χ2v) is 6.80. The van der Waals surface area contributed by atoms with E-state index in [1.165, 1.54) is 0 Å². The van der Waals surface area contributed by atoms with Crippen LogP contribution in [0.3, 0.4) is 0 Å². The molecule has 6 heteroatoms. The smallest absolute Gasteiger partial charge is 0.215 e. The van der Waals surface area contributed by atoms with Crippen LogP contribution in [0.5, 0.6) is 5.75 Å². The first-order valence-corrected chi connectivity index (χ1v) is 8.58. The van der Waals surface area contributed by atoms with Crippen molar-refractivity contribution in [1.82, 2.24) is 4.72 Å². The van der Waals surface area contributed by atoms with Gasteiger partial charge in [-0.05, 0) is 41.8 Å². The van der Waals surface area contributed by atoms with E-state index in [4.69, 9.17) is 10.5 Å². The van der Waals surface area contributed by atoms with Crippen LogP contribution in [0.25, 0.3) is 0 Å². The number of nitrogen functional groups attached to an aromatic ring is 1. The molecule has 2 aromatic carbocycles. The Kier molecular flexibility index (Phi) is 5.41. The number of benzene rings is 2. The highest BCUT2D eigenvalue weighted by Gasteiger charge is 2.11. The van der Waals surface area contributed by atoms with Gasteiger partial charge >= 0.3 is 0 Å². The minimum atomic E-state index is -3.37.